The molecule has 100 valence electrons. The number of benzene rings is 1. The van der Waals surface area contributed by atoms with Gasteiger partial charge >= 0.3 is 0 Å². The first kappa shape index (κ1) is 15.3. The van der Waals surface area contributed by atoms with Gasteiger partial charge in [0.15, 0.2) is 0 Å². The molecule has 1 aromatic rings. The highest BCUT2D eigenvalue weighted by Crippen LogP contribution is 2.21. The fraction of sp³-hybridized carbons (Fsp3) is 0.462. The summed E-state index contributed by atoms with van der Waals surface area (Å²) in [6, 6.07) is 5.03. The van der Waals surface area contributed by atoms with E-state index in [4.69, 9.17) is 23.2 Å². The lowest BCUT2D eigenvalue weighted by Gasteiger charge is -2.25. The van der Waals surface area contributed by atoms with Crippen LogP contribution in [0, 0.1) is 0 Å². The van der Waals surface area contributed by atoms with Gasteiger partial charge in [-0.25, -0.2) is 0 Å². The molecule has 0 aliphatic rings. The minimum absolute atomic E-state index is 0.110. The average Bonchev–Trinajstić information content (AvgIpc) is 2.21. The number of nitrogens with zero attached hydrogens (tertiary/aromatic N) is 1. The van der Waals surface area contributed by atoms with Crippen molar-refractivity contribution in [1.29, 1.82) is 0 Å². The molecule has 0 aliphatic carbocycles. The van der Waals surface area contributed by atoms with Gasteiger partial charge in [0, 0.05) is 23.6 Å². The molecule has 3 nitrogen and oxygen atoms in total. The van der Waals surface area contributed by atoms with E-state index in [-0.39, 0.29) is 18.9 Å². The molecule has 1 amide bonds. The molecule has 1 N–H and O–H groups in total. The maximum atomic E-state index is 12.0. The molecule has 1 aromatic carbocycles. The lowest BCUT2D eigenvalue weighted by atomic mass is 10.1. The van der Waals surface area contributed by atoms with E-state index >= 15 is 0 Å². The van der Waals surface area contributed by atoms with Crippen molar-refractivity contribution < 1.29 is 9.90 Å². The molecule has 0 saturated heterocycles. The quantitative estimate of drug-likeness (QED) is 0.926. The Morgan fingerprint density at radius 3 is 2.56 bits per heavy atom. The van der Waals surface area contributed by atoms with Gasteiger partial charge in [-0.15, -0.1) is 0 Å². The van der Waals surface area contributed by atoms with E-state index in [2.05, 4.69) is 0 Å². The summed E-state index contributed by atoms with van der Waals surface area (Å²) >= 11 is 11.9. The normalized spacial score (nSPS) is 11.4. The smallest absolute Gasteiger partial charge is 0.226 e. The number of rotatable bonds is 4. The zero-order valence-electron chi connectivity index (χ0n) is 10.7. The van der Waals surface area contributed by atoms with Crippen molar-refractivity contribution in [1.82, 2.24) is 4.90 Å². The van der Waals surface area contributed by atoms with Crippen LogP contribution in [0.2, 0.25) is 10.0 Å². The zero-order valence-corrected chi connectivity index (χ0v) is 12.2. The number of carbonyl (C=O) groups is 1. The van der Waals surface area contributed by atoms with Crippen molar-refractivity contribution in [3.8, 4) is 0 Å². The van der Waals surface area contributed by atoms with Gasteiger partial charge in [-0.3, -0.25) is 4.79 Å². The van der Waals surface area contributed by atoms with E-state index in [1.54, 1.807) is 39.1 Å². The number of aliphatic hydroxyl groups is 1. The lowest BCUT2D eigenvalue weighted by Crippen LogP contribution is -2.40. The van der Waals surface area contributed by atoms with Crippen LogP contribution < -0.4 is 0 Å². The fourth-order valence-corrected chi connectivity index (χ4v) is 2.02. The molecule has 0 aliphatic heterocycles. The molecule has 0 spiro atoms. The summed E-state index contributed by atoms with van der Waals surface area (Å²) < 4.78 is 0. The highest BCUT2D eigenvalue weighted by Gasteiger charge is 2.20. The molecule has 0 fully saturated rings. The Balaban J connectivity index is 2.72. The van der Waals surface area contributed by atoms with Crippen LogP contribution >= 0.6 is 23.2 Å². The Labute approximate surface area is 117 Å². The Hall–Kier alpha value is -0.770. The molecule has 0 bridgehead atoms. The van der Waals surface area contributed by atoms with Crippen LogP contribution in [0.5, 0.6) is 0 Å². The molecule has 0 atom stereocenters. The third kappa shape index (κ3) is 4.84. The maximum absolute atomic E-state index is 12.0. The van der Waals surface area contributed by atoms with Gasteiger partial charge in [-0.1, -0.05) is 23.2 Å². The Morgan fingerprint density at radius 2 is 2.00 bits per heavy atom. The standard InChI is InChI=1S/C13H17Cl2NO2/c1-13(2,18)8-16(3)12(17)7-9-6-10(14)4-5-11(9)15/h4-6,18H,7-8H2,1-3H3. The summed E-state index contributed by atoms with van der Waals surface area (Å²) in [5, 5.41) is 10.7. The fourth-order valence-electron chi connectivity index (χ4n) is 1.65. The first-order chi connectivity index (χ1) is 8.19. The monoisotopic (exact) mass is 289 g/mol. The summed E-state index contributed by atoms with van der Waals surface area (Å²) in [5.41, 5.74) is -0.223. The maximum Gasteiger partial charge on any atom is 0.226 e. The number of carbonyl (C=O) groups excluding carboxylic acids is 1. The first-order valence-corrected chi connectivity index (χ1v) is 6.35. The molecule has 18 heavy (non-hydrogen) atoms. The van der Waals surface area contributed by atoms with E-state index in [1.165, 1.54) is 4.90 Å². The third-order valence-electron chi connectivity index (χ3n) is 2.40. The SMILES string of the molecule is CN(CC(C)(C)O)C(=O)Cc1cc(Cl)ccc1Cl. The predicted octanol–water partition coefficient (Wildman–Crippen LogP) is 2.77. The largest absolute Gasteiger partial charge is 0.389 e. The lowest BCUT2D eigenvalue weighted by molar-refractivity contribution is -0.131. The third-order valence-corrected chi connectivity index (χ3v) is 3.00. The molecule has 0 radical (unpaired) electrons. The molecular weight excluding hydrogens is 273 g/mol. The predicted molar refractivity (Wildman–Crippen MR) is 74.1 cm³/mol. The van der Waals surface area contributed by atoms with Crippen molar-refractivity contribution in [2.75, 3.05) is 13.6 Å². The second-order valence-corrected chi connectivity index (χ2v) is 5.82. The van der Waals surface area contributed by atoms with Gasteiger partial charge in [0.1, 0.15) is 0 Å². The van der Waals surface area contributed by atoms with Gasteiger partial charge in [0.05, 0.1) is 12.0 Å². The van der Waals surface area contributed by atoms with Crippen molar-refractivity contribution in [2.24, 2.45) is 0 Å². The number of likely N-dealkylation sites (N-methyl/N-ethyl adjacent to an activating group) is 1. The zero-order chi connectivity index (χ0) is 13.9. The van der Waals surface area contributed by atoms with Gasteiger partial charge < -0.3 is 10.0 Å². The van der Waals surface area contributed by atoms with Crippen LogP contribution in [-0.4, -0.2) is 35.1 Å². The van der Waals surface area contributed by atoms with Crippen molar-refractivity contribution in [3.63, 3.8) is 0 Å². The minimum atomic E-state index is -0.914. The molecule has 1 rings (SSSR count). The number of hydrogen-bond donors (Lipinski definition) is 1. The summed E-state index contributed by atoms with van der Waals surface area (Å²) in [6.07, 6.45) is 0.173. The summed E-state index contributed by atoms with van der Waals surface area (Å²) in [5.74, 6) is -0.110. The Morgan fingerprint density at radius 1 is 1.39 bits per heavy atom. The molecule has 0 heterocycles. The van der Waals surface area contributed by atoms with E-state index in [0.29, 0.717) is 15.6 Å². The van der Waals surface area contributed by atoms with Crippen LogP contribution in [-0.2, 0) is 11.2 Å². The van der Waals surface area contributed by atoms with Gasteiger partial charge in [-0.2, -0.15) is 0 Å². The topological polar surface area (TPSA) is 40.5 Å². The Kier molecular flexibility index (Phi) is 5.02. The van der Waals surface area contributed by atoms with Gasteiger partial charge in [0.2, 0.25) is 5.91 Å². The first-order valence-electron chi connectivity index (χ1n) is 5.59. The van der Waals surface area contributed by atoms with Crippen LogP contribution in [0.25, 0.3) is 0 Å². The number of hydrogen-bond acceptors (Lipinski definition) is 2. The Bertz CT molecular complexity index is 441. The molecular formula is C13H17Cl2NO2. The van der Waals surface area contributed by atoms with E-state index in [9.17, 15) is 9.90 Å². The summed E-state index contributed by atoms with van der Waals surface area (Å²) in [7, 11) is 1.65. The van der Waals surface area contributed by atoms with E-state index in [0.717, 1.165) is 0 Å². The average molecular weight is 290 g/mol. The highest BCUT2D eigenvalue weighted by atomic mass is 35.5. The molecule has 0 unspecified atom stereocenters. The highest BCUT2D eigenvalue weighted by molar-refractivity contribution is 6.33. The second-order valence-electron chi connectivity index (χ2n) is 4.97. The minimum Gasteiger partial charge on any atom is -0.389 e. The number of halogens is 2. The molecule has 0 aromatic heterocycles. The van der Waals surface area contributed by atoms with Crippen molar-refractivity contribution in [3.05, 3.63) is 33.8 Å². The second kappa shape index (κ2) is 5.91. The number of amides is 1. The van der Waals surface area contributed by atoms with E-state index < -0.39 is 5.60 Å². The van der Waals surface area contributed by atoms with Crippen LogP contribution in [0.3, 0.4) is 0 Å². The molecule has 5 heteroatoms. The van der Waals surface area contributed by atoms with Gasteiger partial charge in [0.25, 0.3) is 0 Å². The van der Waals surface area contributed by atoms with Crippen molar-refractivity contribution >= 4 is 29.1 Å². The van der Waals surface area contributed by atoms with Crippen LogP contribution in [0.4, 0.5) is 0 Å². The summed E-state index contributed by atoms with van der Waals surface area (Å²) in [4.78, 5) is 13.5. The van der Waals surface area contributed by atoms with Crippen LogP contribution in [0.15, 0.2) is 18.2 Å². The van der Waals surface area contributed by atoms with Gasteiger partial charge in [-0.05, 0) is 37.6 Å². The van der Waals surface area contributed by atoms with Crippen LogP contribution in [0.1, 0.15) is 19.4 Å². The summed E-state index contributed by atoms with van der Waals surface area (Å²) in [6.45, 7) is 3.58. The van der Waals surface area contributed by atoms with Crippen molar-refractivity contribution in [2.45, 2.75) is 25.9 Å². The van der Waals surface area contributed by atoms with E-state index in [1.807, 2.05) is 0 Å². The molecule has 0 saturated carbocycles.